The van der Waals surface area contributed by atoms with E-state index in [9.17, 15) is 0 Å². The molecule has 0 saturated heterocycles. The minimum atomic E-state index is 1.01. The number of halogens is 1. The normalized spacial score (nSPS) is 11.7. The summed E-state index contributed by atoms with van der Waals surface area (Å²) in [5.74, 6) is 0. The predicted molar refractivity (Wildman–Crippen MR) is 56.4 cm³/mol. The summed E-state index contributed by atoms with van der Waals surface area (Å²) in [5, 5.41) is 0. The number of hydrogen-bond donors (Lipinski definition) is 0. The lowest BCUT2D eigenvalue weighted by Crippen LogP contribution is -2.14. The van der Waals surface area contributed by atoms with Gasteiger partial charge in [0.05, 0.1) is 0 Å². The van der Waals surface area contributed by atoms with Gasteiger partial charge in [-0.1, -0.05) is 25.5 Å². The Morgan fingerprint density at radius 2 is 1.92 bits per heavy atom. The van der Waals surface area contributed by atoms with Gasteiger partial charge in [0.25, 0.3) is 0 Å². The van der Waals surface area contributed by atoms with Crippen molar-refractivity contribution in [2.45, 2.75) is 39.5 Å². The molecular weight excluding hydrogens is 170 g/mol. The molecule has 12 heavy (non-hydrogen) atoms. The van der Waals surface area contributed by atoms with Crippen LogP contribution in [0.3, 0.4) is 0 Å². The van der Waals surface area contributed by atoms with Gasteiger partial charge in [-0.25, -0.2) is 4.42 Å². The molecule has 0 aliphatic rings. The molecule has 0 atom stereocenters. The van der Waals surface area contributed by atoms with E-state index in [2.05, 4.69) is 26.0 Å². The molecule has 0 aromatic carbocycles. The van der Waals surface area contributed by atoms with Gasteiger partial charge >= 0.3 is 0 Å². The van der Waals surface area contributed by atoms with Crippen LogP contribution in [0.4, 0.5) is 0 Å². The van der Waals surface area contributed by atoms with E-state index in [1.807, 2.05) is 4.42 Å². The summed E-state index contributed by atoms with van der Waals surface area (Å²) in [4.78, 5) is 0. The largest absolute Gasteiger partial charge is 0.220 e. The molecule has 0 spiro atoms. The summed E-state index contributed by atoms with van der Waals surface area (Å²) < 4.78 is 1.90. The molecular formula is C10H20ClN. The second kappa shape index (κ2) is 9.08. The van der Waals surface area contributed by atoms with Crippen LogP contribution in [-0.4, -0.2) is 17.5 Å². The molecule has 0 bridgehead atoms. The molecule has 0 aromatic rings. The van der Waals surface area contributed by atoms with Crippen LogP contribution in [-0.2, 0) is 0 Å². The maximum absolute atomic E-state index is 5.95. The van der Waals surface area contributed by atoms with Crippen LogP contribution in [0.1, 0.15) is 39.5 Å². The van der Waals surface area contributed by atoms with Crippen LogP contribution in [0.2, 0.25) is 0 Å². The highest BCUT2D eigenvalue weighted by molar-refractivity contribution is 6.13. The summed E-state index contributed by atoms with van der Waals surface area (Å²) >= 11 is 5.95. The Hall–Kier alpha value is -0.0100. The molecule has 0 unspecified atom stereocenters. The van der Waals surface area contributed by atoms with Gasteiger partial charge in [-0.05, 0) is 38.0 Å². The Bertz CT molecular complexity index is 112. The van der Waals surface area contributed by atoms with Crippen molar-refractivity contribution in [3.63, 3.8) is 0 Å². The molecule has 0 aliphatic heterocycles. The lowest BCUT2D eigenvalue weighted by Gasteiger charge is -2.11. The van der Waals surface area contributed by atoms with Crippen molar-refractivity contribution in [2.24, 2.45) is 0 Å². The molecule has 1 nitrogen and oxygen atoms in total. The van der Waals surface area contributed by atoms with Crippen molar-refractivity contribution in [3.8, 4) is 0 Å². The average Bonchev–Trinajstić information content (AvgIpc) is 2.09. The van der Waals surface area contributed by atoms with Crippen molar-refractivity contribution in [1.29, 1.82) is 0 Å². The van der Waals surface area contributed by atoms with Crippen LogP contribution in [0.5, 0.6) is 0 Å². The molecule has 0 fully saturated rings. The summed E-state index contributed by atoms with van der Waals surface area (Å²) in [6, 6.07) is 0. The third-order valence-electron chi connectivity index (χ3n) is 1.76. The van der Waals surface area contributed by atoms with E-state index in [1.165, 1.54) is 12.8 Å². The van der Waals surface area contributed by atoms with E-state index >= 15 is 0 Å². The Morgan fingerprint density at radius 1 is 1.25 bits per heavy atom. The van der Waals surface area contributed by atoms with Gasteiger partial charge in [0.1, 0.15) is 0 Å². The van der Waals surface area contributed by atoms with Crippen LogP contribution in [0.25, 0.3) is 0 Å². The SMILES string of the molecule is C/C=C/CCCN(Cl)CCCC. The third-order valence-corrected chi connectivity index (χ3v) is 2.10. The second-order valence-corrected chi connectivity index (χ2v) is 3.45. The predicted octanol–water partition coefficient (Wildman–Crippen LogP) is 3.60. The highest BCUT2D eigenvalue weighted by Crippen LogP contribution is 2.02. The van der Waals surface area contributed by atoms with Gasteiger partial charge in [-0.2, -0.15) is 0 Å². The Balaban J connectivity index is 3.13. The van der Waals surface area contributed by atoms with Gasteiger partial charge in [0.2, 0.25) is 0 Å². The van der Waals surface area contributed by atoms with E-state index < -0.39 is 0 Å². The van der Waals surface area contributed by atoms with Crippen molar-refractivity contribution >= 4 is 11.8 Å². The monoisotopic (exact) mass is 189 g/mol. The molecule has 0 amide bonds. The summed E-state index contributed by atoms with van der Waals surface area (Å²) in [7, 11) is 0. The molecule has 0 N–H and O–H groups in total. The van der Waals surface area contributed by atoms with E-state index in [0.717, 1.165) is 25.9 Å². The van der Waals surface area contributed by atoms with Crippen molar-refractivity contribution in [3.05, 3.63) is 12.2 Å². The maximum atomic E-state index is 5.95. The van der Waals surface area contributed by atoms with Crippen LogP contribution in [0, 0.1) is 0 Å². The fourth-order valence-corrected chi connectivity index (χ4v) is 1.23. The summed E-state index contributed by atoms with van der Waals surface area (Å²) in [6.07, 6.45) is 9.00. The highest BCUT2D eigenvalue weighted by Gasteiger charge is 1.97. The molecule has 0 rings (SSSR count). The third kappa shape index (κ3) is 8.09. The Labute approximate surface area is 81.5 Å². The zero-order valence-corrected chi connectivity index (χ0v) is 8.98. The Morgan fingerprint density at radius 3 is 2.50 bits per heavy atom. The van der Waals surface area contributed by atoms with E-state index in [4.69, 9.17) is 11.8 Å². The lowest BCUT2D eigenvalue weighted by atomic mass is 10.3. The minimum absolute atomic E-state index is 1.01. The van der Waals surface area contributed by atoms with Gasteiger partial charge in [-0.15, -0.1) is 0 Å². The topological polar surface area (TPSA) is 3.24 Å². The molecule has 2 heteroatoms. The first kappa shape index (κ1) is 12.0. The fraction of sp³-hybridized carbons (Fsp3) is 0.800. The van der Waals surface area contributed by atoms with E-state index in [1.54, 1.807) is 0 Å². The quantitative estimate of drug-likeness (QED) is 0.336. The highest BCUT2D eigenvalue weighted by atomic mass is 35.5. The van der Waals surface area contributed by atoms with Crippen molar-refractivity contribution in [1.82, 2.24) is 4.42 Å². The standard InChI is InChI=1S/C10H20ClN/c1-3-5-7-8-10-12(11)9-6-4-2/h3,5H,4,6-10H2,1-2H3/b5-3+. The Kier molecular flexibility index (Phi) is 9.07. The molecule has 0 saturated carbocycles. The van der Waals surface area contributed by atoms with E-state index in [-0.39, 0.29) is 0 Å². The minimum Gasteiger partial charge on any atom is -0.220 e. The summed E-state index contributed by atoms with van der Waals surface area (Å²) in [5.41, 5.74) is 0. The van der Waals surface area contributed by atoms with Gasteiger partial charge in [0.15, 0.2) is 0 Å². The molecule has 0 aromatic heterocycles. The van der Waals surface area contributed by atoms with Crippen LogP contribution in [0.15, 0.2) is 12.2 Å². The number of unbranched alkanes of at least 4 members (excludes halogenated alkanes) is 2. The molecule has 0 heterocycles. The first-order valence-electron chi connectivity index (χ1n) is 4.83. The van der Waals surface area contributed by atoms with E-state index in [0.29, 0.717) is 0 Å². The number of hydrogen-bond acceptors (Lipinski definition) is 1. The number of rotatable bonds is 7. The second-order valence-electron chi connectivity index (χ2n) is 2.97. The molecule has 0 radical (unpaired) electrons. The lowest BCUT2D eigenvalue weighted by molar-refractivity contribution is 0.434. The smallest absolute Gasteiger partial charge is 0.0141 e. The average molecular weight is 190 g/mol. The fourth-order valence-electron chi connectivity index (χ4n) is 0.989. The van der Waals surface area contributed by atoms with Crippen molar-refractivity contribution < 1.29 is 0 Å². The van der Waals surface area contributed by atoms with Gasteiger partial charge in [-0.3, -0.25) is 0 Å². The van der Waals surface area contributed by atoms with Gasteiger partial charge in [0, 0.05) is 13.1 Å². The van der Waals surface area contributed by atoms with Gasteiger partial charge < -0.3 is 0 Å². The number of allylic oxidation sites excluding steroid dienone is 2. The van der Waals surface area contributed by atoms with Crippen molar-refractivity contribution in [2.75, 3.05) is 13.1 Å². The van der Waals surface area contributed by atoms with Crippen LogP contribution >= 0.6 is 11.8 Å². The molecule has 72 valence electrons. The first-order valence-corrected chi connectivity index (χ1v) is 5.17. The van der Waals surface area contributed by atoms with Crippen LogP contribution < -0.4 is 0 Å². The zero-order chi connectivity index (χ0) is 9.23. The first-order chi connectivity index (χ1) is 5.81. The molecule has 0 aliphatic carbocycles. The number of nitrogens with zero attached hydrogens (tertiary/aromatic N) is 1. The maximum Gasteiger partial charge on any atom is 0.0141 e. The zero-order valence-electron chi connectivity index (χ0n) is 8.22. The summed E-state index contributed by atoms with van der Waals surface area (Å²) in [6.45, 7) is 6.26.